The molecule has 11 nitrogen and oxygen atoms in total. The second kappa shape index (κ2) is 16.3. The first-order valence-electron chi connectivity index (χ1n) is 17.5. The molecule has 268 valence electrons. The number of carbonyl (C=O) groups is 3. The molecule has 2 atom stereocenters. The SMILES string of the molecule is CC(CC(C)(C)N)C(=O)Nc1ccc(CCOc2ccc([C@H](CC(=O)O)N3CCN(CCCc4ccc5c(n4)NCCC5)C3=O)cc2F)cc1. The topological polar surface area (TPSA) is 150 Å². The lowest BCUT2D eigenvalue weighted by molar-refractivity contribution is -0.138. The molecule has 0 aliphatic carbocycles. The number of halogens is 1. The van der Waals surface area contributed by atoms with Crippen molar-refractivity contribution in [2.75, 3.05) is 43.4 Å². The Morgan fingerprint density at radius 1 is 1.12 bits per heavy atom. The van der Waals surface area contributed by atoms with Crippen molar-refractivity contribution in [2.45, 2.75) is 77.3 Å². The summed E-state index contributed by atoms with van der Waals surface area (Å²) in [4.78, 5) is 45.7. The molecule has 2 aliphatic rings. The number of urea groups is 1. The van der Waals surface area contributed by atoms with Crippen LogP contribution in [-0.4, -0.2) is 76.1 Å². The number of nitrogens with zero attached hydrogens (tertiary/aromatic N) is 3. The lowest BCUT2D eigenvalue weighted by Gasteiger charge is -2.27. The number of anilines is 2. The average molecular weight is 689 g/mol. The number of aryl methyl sites for hydroxylation is 2. The van der Waals surface area contributed by atoms with Gasteiger partial charge in [0.25, 0.3) is 0 Å². The molecule has 1 fully saturated rings. The van der Waals surface area contributed by atoms with E-state index in [1.165, 1.54) is 22.6 Å². The smallest absolute Gasteiger partial charge is 0.320 e. The molecule has 3 amide bonds. The van der Waals surface area contributed by atoms with Crippen molar-refractivity contribution < 1.29 is 28.6 Å². The molecule has 0 saturated carbocycles. The predicted octanol–water partition coefficient (Wildman–Crippen LogP) is 5.79. The first-order valence-corrected chi connectivity index (χ1v) is 17.5. The number of nitrogens with two attached hydrogens (primary N) is 1. The van der Waals surface area contributed by atoms with Crippen molar-refractivity contribution in [1.29, 1.82) is 0 Å². The van der Waals surface area contributed by atoms with Gasteiger partial charge in [0.15, 0.2) is 11.6 Å². The van der Waals surface area contributed by atoms with E-state index in [1.54, 1.807) is 11.0 Å². The highest BCUT2D eigenvalue weighted by molar-refractivity contribution is 5.92. The molecule has 5 N–H and O–H groups in total. The molecule has 0 spiro atoms. The number of carboxylic acids is 1. The molecule has 3 aromatic rings. The Kier molecular flexibility index (Phi) is 11.9. The van der Waals surface area contributed by atoms with Crippen LogP contribution in [0.1, 0.15) is 74.9 Å². The van der Waals surface area contributed by atoms with Crippen LogP contribution in [0, 0.1) is 11.7 Å². The minimum Gasteiger partial charge on any atom is -0.490 e. The van der Waals surface area contributed by atoms with Crippen LogP contribution in [-0.2, 0) is 28.9 Å². The third kappa shape index (κ3) is 9.93. The highest BCUT2D eigenvalue weighted by atomic mass is 19.1. The van der Waals surface area contributed by atoms with E-state index in [0.29, 0.717) is 43.7 Å². The maximum absolute atomic E-state index is 15.3. The zero-order valence-corrected chi connectivity index (χ0v) is 29.2. The number of pyridine rings is 1. The maximum Gasteiger partial charge on any atom is 0.320 e. The Hall–Kier alpha value is -4.71. The van der Waals surface area contributed by atoms with Gasteiger partial charge in [-0.1, -0.05) is 31.2 Å². The predicted molar refractivity (Wildman–Crippen MR) is 191 cm³/mol. The summed E-state index contributed by atoms with van der Waals surface area (Å²) >= 11 is 0. The van der Waals surface area contributed by atoms with Crippen LogP contribution in [0.2, 0.25) is 0 Å². The summed E-state index contributed by atoms with van der Waals surface area (Å²) in [7, 11) is 0. The summed E-state index contributed by atoms with van der Waals surface area (Å²) in [6, 6.07) is 14.9. The van der Waals surface area contributed by atoms with Gasteiger partial charge in [-0.2, -0.15) is 0 Å². The number of carboxylic acid groups (broad SMARTS) is 1. The maximum atomic E-state index is 15.3. The number of aliphatic carboxylic acids is 1. The summed E-state index contributed by atoms with van der Waals surface area (Å²) < 4.78 is 21.0. The number of nitrogens with one attached hydrogen (secondary N) is 2. The quantitative estimate of drug-likeness (QED) is 0.148. The molecular weight excluding hydrogens is 639 g/mol. The summed E-state index contributed by atoms with van der Waals surface area (Å²) in [6.45, 7) is 8.11. The van der Waals surface area contributed by atoms with Gasteiger partial charge in [0.2, 0.25) is 5.91 Å². The molecule has 1 unspecified atom stereocenters. The fraction of sp³-hybridized carbons (Fsp3) is 0.474. The van der Waals surface area contributed by atoms with Crippen LogP contribution >= 0.6 is 0 Å². The van der Waals surface area contributed by atoms with Crippen LogP contribution in [0.3, 0.4) is 0 Å². The van der Waals surface area contributed by atoms with Gasteiger partial charge in [-0.25, -0.2) is 14.2 Å². The van der Waals surface area contributed by atoms with Gasteiger partial charge in [0.1, 0.15) is 5.82 Å². The number of rotatable bonds is 16. The molecule has 1 saturated heterocycles. The van der Waals surface area contributed by atoms with E-state index in [9.17, 15) is 19.5 Å². The monoisotopic (exact) mass is 688 g/mol. The molecular formula is C38H49FN6O5. The Labute approximate surface area is 293 Å². The summed E-state index contributed by atoms with van der Waals surface area (Å²) in [5.41, 5.74) is 9.84. The van der Waals surface area contributed by atoms with E-state index in [4.69, 9.17) is 15.5 Å². The number of hydrogen-bond donors (Lipinski definition) is 4. The first-order chi connectivity index (χ1) is 23.9. The van der Waals surface area contributed by atoms with E-state index >= 15 is 4.39 Å². The first kappa shape index (κ1) is 36.6. The Morgan fingerprint density at radius 3 is 2.62 bits per heavy atom. The van der Waals surface area contributed by atoms with Gasteiger partial charge in [0.05, 0.1) is 19.1 Å². The highest BCUT2D eigenvalue weighted by Gasteiger charge is 2.35. The number of fused-ring (bicyclic) bond motifs is 1. The van der Waals surface area contributed by atoms with Crippen LogP contribution in [0.25, 0.3) is 0 Å². The van der Waals surface area contributed by atoms with E-state index in [2.05, 4.69) is 16.7 Å². The molecule has 2 aliphatic heterocycles. The van der Waals surface area contributed by atoms with Gasteiger partial charge in [-0.15, -0.1) is 0 Å². The number of carbonyl (C=O) groups excluding carboxylic acids is 2. The minimum atomic E-state index is -1.08. The fourth-order valence-corrected chi connectivity index (χ4v) is 6.65. The molecule has 3 heterocycles. The number of benzene rings is 2. The van der Waals surface area contributed by atoms with Gasteiger partial charge in [-0.3, -0.25) is 9.59 Å². The highest BCUT2D eigenvalue weighted by Crippen LogP contribution is 2.31. The summed E-state index contributed by atoms with van der Waals surface area (Å²) in [5, 5.41) is 15.9. The van der Waals surface area contributed by atoms with E-state index in [-0.39, 0.29) is 36.6 Å². The minimum absolute atomic E-state index is 0.0453. The number of ether oxygens (including phenoxy) is 1. The van der Waals surface area contributed by atoms with Crippen LogP contribution in [0.15, 0.2) is 54.6 Å². The number of hydrogen-bond acceptors (Lipinski definition) is 7. The van der Waals surface area contributed by atoms with Gasteiger partial charge in [-0.05, 0) is 93.0 Å². The van der Waals surface area contributed by atoms with Crippen molar-refractivity contribution in [2.24, 2.45) is 11.7 Å². The lowest BCUT2D eigenvalue weighted by atomic mass is 9.92. The standard InChI is InChI=1S/C38H49FN6O5/c1-25(24-38(2,3)40)36(48)43-30-12-8-26(9-13-30)16-21-50-33-15-11-28(22-31(33)39)32(23-34(46)47)45-20-19-44(37(45)49)18-5-7-29-14-10-27-6-4-17-41-35(27)42-29/h8-15,22,25,32H,4-7,16-21,23-24,40H2,1-3H3,(H,41,42)(H,43,48)(H,46,47)/t25?,32-/m0/s1. The van der Waals surface area contributed by atoms with Gasteiger partial charge in [0, 0.05) is 55.4 Å². The Balaban J connectivity index is 1.12. The van der Waals surface area contributed by atoms with E-state index < -0.39 is 23.4 Å². The summed E-state index contributed by atoms with van der Waals surface area (Å²) in [6.07, 6.45) is 4.31. The van der Waals surface area contributed by atoms with Crippen LogP contribution < -0.4 is 21.1 Å². The van der Waals surface area contributed by atoms with Crippen molar-refractivity contribution >= 4 is 29.4 Å². The van der Waals surface area contributed by atoms with Crippen LogP contribution in [0.5, 0.6) is 5.75 Å². The molecule has 12 heteroatoms. The average Bonchev–Trinajstić information content (AvgIpc) is 3.43. The zero-order valence-electron chi connectivity index (χ0n) is 29.2. The van der Waals surface area contributed by atoms with Crippen molar-refractivity contribution in [3.05, 3.63) is 82.8 Å². The van der Waals surface area contributed by atoms with Crippen LogP contribution in [0.4, 0.5) is 20.7 Å². The van der Waals surface area contributed by atoms with Crippen molar-refractivity contribution in [3.63, 3.8) is 0 Å². The second-order valence-electron chi connectivity index (χ2n) is 14.1. The molecule has 0 radical (unpaired) electrons. The third-order valence-corrected chi connectivity index (χ3v) is 9.17. The van der Waals surface area contributed by atoms with Gasteiger partial charge < -0.3 is 36.0 Å². The van der Waals surface area contributed by atoms with E-state index in [1.807, 2.05) is 51.1 Å². The fourth-order valence-electron chi connectivity index (χ4n) is 6.65. The Morgan fingerprint density at radius 2 is 1.90 bits per heavy atom. The zero-order chi connectivity index (χ0) is 35.8. The van der Waals surface area contributed by atoms with Crippen molar-refractivity contribution in [3.8, 4) is 5.75 Å². The summed E-state index contributed by atoms with van der Waals surface area (Å²) in [5.74, 6) is -1.03. The molecule has 0 bridgehead atoms. The van der Waals surface area contributed by atoms with Crippen molar-refractivity contribution in [1.82, 2.24) is 14.8 Å². The molecule has 5 rings (SSSR count). The normalized spacial score (nSPS) is 15.7. The molecule has 1 aromatic heterocycles. The molecule has 2 aromatic carbocycles. The van der Waals surface area contributed by atoms with E-state index in [0.717, 1.165) is 49.3 Å². The Bertz CT molecular complexity index is 1660. The third-order valence-electron chi connectivity index (χ3n) is 9.17. The van der Waals surface area contributed by atoms with Gasteiger partial charge >= 0.3 is 12.0 Å². The number of aromatic nitrogens is 1. The largest absolute Gasteiger partial charge is 0.490 e. The second-order valence-corrected chi connectivity index (χ2v) is 14.1. The lowest BCUT2D eigenvalue weighted by Crippen LogP contribution is -2.37. The molecule has 50 heavy (non-hydrogen) atoms. The number of amides is 3.